The van der Waals surface area contributed by atoms with Gasteiger partial charge in [-0.2, -0.15) is 0 Å². The zero-order valence-electron chi connectivity index (χ0n) is 8.68. The second kappa shape index (κ2) is 4.28. The Morgan fingerprint density at radius 1 is 1.46 bits per heavy atom. The summed E-state index contributed by atoms with van der Waals surface area (Å²) in [5.74, 6) is 0.993. The highest BCUT2D eigenvalue weighted by atomic mass is 14.9. The Morgan fingerprint density at radius 2 is 2.31 bits per heavy atom. The van der Waals surface area contributed by atoms with Crippen LogP contribution in [-0.4, -0.2) is 13.1 Å². The Labute approximate surface area is 81.6 Å². The molecule has 0 aromatic rings. The fourth-order valence-corrected chi connectivity index (χ4v) is 2.38. The third-order valence-electron chi connectivity index (χ3n) is 3.43. The van der Waals surface area contributed by atoms with Crippen LogP contribution in [0.2, 0.25) is 0 Å². The van der Waals surface area contributed by atoms with Crippen LogP contribution in [-0.2, 0) is 0 Å². The number of allylic oxidation sites excluding steroid dienone is 1. The zero-order valence-corrected chi connectivity index (χ0v) is 8.68. The minimum atomic E-state index is 0.782. The molecule has 2 rings (SSSR count). The van der Waals surface area contributed by atoms with Gasteiger partial charge in [-0.05, 0) is 57.9 Å². The standard InChI is InChI=1S/C12H21N/c1-13-12(11-7-8-11)9-10-5-3-2-4-6-10/h5,11-13H,2-4,6-9H2,1H3. The summed E-state index contributed by atoms with van der Waals surface area (Å²) < 4.78 is 0. The van der Waals surface area contributed by atoms with E-state index in [1.54, 1.807) is 5.57 Å². The Kier molecular flexibility index (Phi) is 3.05. The molecule has 2 aliphatic rings. The molecule has 0 radical (unpaired) electrons. The summed E-state index contributed by atoms with van der Waals surface area (Å²) in [5.41, 5.74) is 1.72. The molecule has 0 bridgehead atoms. The molecule has 0 aliphatic heterocycles. The van der Waals surface area contributed by atoms with E-state index in [0.717, 1.165) is 12.0 Å². The predicted molar refractivity (Wildman–Crippen MR) is 56.7 cm³/mol. The lowest BCUT2D eigenvalue weighted by molar-refractivity contribution is 0.485. The summed E-state index contributed by atoms with van der Waals surface area (Å²) in [6, 6.07) is 0.782. The van der Waals surface area contributed by atoms with Crippen LogP contribution >= 0.6 is 0 Å². The van der Waals surface area contributed by atoms with E-state index in [1.165, 1.54) is 44.9 Å². The normalized spacial score (nSPS) is 25.5. The lowest BCUT2D eigenvalue weighted by atomic mass is 9.93. The maximum Gasteiger partial charge on any atom is 0.0129 e. The molecule has 1 nitrogen and oxygen atoms in total. The molecule has 13 heavy (non-hydrogen) atoms. The first-order valence-electron chi connectivity index (χ1n) is 5.75. The molecule has 1 heteroatoms. The monoisotopic (exact) mass is 179 g/mol. The smallest absolute Gasteiger partial charge is 0.0129 e. The third-order valence-corrected chi connectivity index (χ3v) is 3.43. The third kappa shape index (κ3) is 2.57. The minimum Gasteiger partial charge on any atom is -0.316 e. The van der Waals surface area contributed by atoms with Crippen molar-refractivity contribution in [2.45, 2.75) is 51.0 Å². The van der Waals surface area contributed by atoms with Crippen LogP contribution in [0.5, 0.6) is 0 Å². The van der Waals surface area contributed by atoms with Gasteiger partial charge in [-0.1, -0.05) is 11.6 Å². The molecule has 74 valence electrons. The highest BCUT2D eigenvalue weighted by molar-refractivity contribution is 5.08. The first-order chi connectivity index (χ1) is 6.40. The van der Waals surface area contributed by atoms with Gasteiger partial charge in [0.1, 0.15) is 0 Å². The summed E-state index contributed by atoms with van der Waals surface area (Å²) in [6.45, 7) is 0. The lowest BCUT2D eigenvalue weighted by Crippen LogP contribution is -2.28. The molecule has 1 saturated carbocycles. The predicted octanol–water partition coefficient (Wildman–Crippen LogP) is 2.87. The van der Waals surface area contributed by atoms with Crippen LogP contribution in [0, 0.1) is 5.92 Å². The van der Waals surface area contributed by atoms with Crippen molar-refractivity contribution in [3.8, 4) is 0 Å². The van der Waals surface area contributed by atoms with Crippen molar-refractivity contribution in [1.29, 1.82) is 0 Å². The van der Waals surface area contributed by atoms with E-state index in [1.807, 2.05) is 0 Å². The molecule has 0 saturated heterocycles. The van der Waals surface area contributed by atoms with Crippen LogP contribution in [0.1, 0.15) is 44.9 Å². The van der Waals surface area contributed by atoms with E-state index >= 15 is 0 Å². The second-order valence-electron chi connectivity index (χ2n) is 4.54. The van der Waals surface area contributed by atoms with E-state index < -0.39 is 0 Å². The number of hydrogen-bond acceptors (Lipinski definition) is 1. The molecule has 1 atom stereocenters. The Balaban J connectivity index is 1.83. The van der Waals surface area contributed by atoms with Crippen molar-refractivity contribution in [3.63, 3.8) is 0 Å². The number of rotatable bonds is 4. The molecule has 1 fully saturated rings. The maximum atomic E-state index is 3.47. The lowest BCUT2D eigenvalue weighted by Gasteiger charge is -2.19. The SMILES string of the molecule is CNC(CC1=CCCCC1)C1CC1. The summed E-state index contributed by atoms with van der Waals surface area (Å²) in [7, 11) is 2.12. The van der Waals surface area contributed by atoms with Crippen molar-refractivity contribution in [2.24, 2.45) is 5.92 Å². The number of hydrogen-bond donors (Lipinski definition) is 1. The Bertz CT molecular complexity index is 191. The first kappa shape index (κ1) is 9.26. The van der Waals surface area contributed by atoms with Crippen LogP contribution in [0.25, 0.3) is 0 Å². The fourth-order valence-electron chi connectivity index (χ4n) is 2.38. The van der Waals surface area contributed by atoms with Gasteiger partial charge in [0.15, 0.2) is 0 Å². The summed E-state index contributed by atoms with van der Waals surface area (Å²) in [6.07, 6.45) is 12.3. The van der Waals surface area contributed by atoms with E-state index in [9.17, 15) is 0 Å². The molecule has 2 aliphatic carbocycles. The molecule has 0 heterocycles. The van der Waals surface area contributed by atoms with Gasteiger partial charge < -0.3 is 5.32 Å². The van der Waals surface area contributed by atoms with Gasteiger partial charge in [0.05, 0.1) is 0 Å². The molecular weight excluding hydrogens is 158 g/mol. The van der Waals surface area contributed by atoms with E-state index in [2.05, 4.69) is 18.4 Å². The topological polar surface area (TPSA) is 12.0 Å². The minimum absolute atomic E-state index is 0.782. The van der Waals surface area contributed by atoms with Crippen LogP contribution in [0.3, 0.4) is 0 Å². The molecule has 0 amide bonds. The largest absolute Gasteiger partial charge is 0.316 e. The van der Waals surface area contributed by atoms with Gasteiger partial charge in [0.2, 0.25) is 0 Å². The van der Waals surface area contributed by atoms with E-state index in [-0.39, 0.29) is 0 Å². The van der Waals surface area contributed by atoms with E-state index in [4.69, 9.17) is 0 Å². The number of nitrogens with one attached hydrogen (secondary N) is 1. The molecule has 1 unspecified atom stereocenters. The average Bonchev–Trinajstić information content (AvgIpc) is 2.99. The average molecular weight is 179 g/mol. The molecule has 0 spiro atoms. The van der Waals surface area contributed by atoms with Gasteiger partial charge >= 0.3 is 0 Å². The maximum absolute atomic E-state index is 3.47. The van der Waals surface area contributed by atoms with Crippen LogP contribution in [0.4, 0.5) is 0 Å². The van der Waals surface area contributed by atoms with Gasteiger partial charge in [-0.3, -0.25) is 0 Å². The van der Waals surface area contributed by atoms with Crippen molar-refractivity contribution < 1.29 is 0 Å². The molecule has 1 N–H and O–H groups in total. The van der Waals surface area contributed by atoms with Crippen molar-refractivity contribution >= 4 is 0 Å². The van der Waals surface area contributed by atoms with Crippen LogP contribution in [0.15, 0.2) is 11.6 Å². The van der Waals surface area contributed by atoms with E-state index in [0.29, 0.717) is 0 Å². The van der Waals surface area contributed by atoms with Gasteiger partial charge in [-0.15, -0.1) is 0 Å². The molecular formula is C12H21N. The second-order valence-corrected chi connectivity index (χ2v) is 4.54. The van der Waals surface area contributed by atoms with Crippen molar-refractivity contribution in [3.05, 3.63) is 11.6 Å². The molecule has 0 aromatic heterocycles. The zero-order chi connectivity index (χ0) is 9.10. The van der Waals surface area contributed by atoms with Gasteiger partial charge in [0, 0.05) is 6.04 Å². The highest BCUT2D eigenvalue weighted by Crippen LogP contribution is 2.36. The van der Waals surface area contributed by atoms with Gasteiger partial charge in [0.25, 0.3) is 0 Å². The highest BCUT2D eigenvalue weighted by Gasteiger charge is 2.30. The molecule has 0 aromatic carbocycles. The summed E-state index contributed by atoms with van der Waals surface area (Å²) in [4.78, 5) is 0. The summed E-state index contributed by atoms with van der Waals surface area (Å²) in [5, 5.41) is 3.47. The Hall–Kier alpha value is -0.300. The van der Waals surface area contributed by atoms with Crippen molar-refractivity contribution in [2.75, 3.05) is 7.05 Å². The first-order valence-corrected chi connectivity index (χ1v) is 5.75. The Morgan fingerprint density at radius 3 is 2.85 bits per heavy atom. The summed E-state index contributed by atoms with van der Waals surface area (Å²) >= 11 is 0. The quantitative estimate of drug-likeness (QED) is 0.654. The van der Waals surface area contributed by atoms with Crippen molar-refractivity contribution in [1.82, 2.24) is 5.32 Å². The van der Waals surface area contributed by atoms with Gasteiger partial charge in [-0.25, -0.2) is 0 Å². The fraction of sp³-hybridized carbons (Fsp3) is 0.833. The van der Waals surface area contributed by atoms with Crippen LogP contribution < -0.4 is 5.32 Å².